The zero-order valence-electron chi connectivity index (χ0n) is 12.7. The molecule has 1 aliphatic heterocycles. The lowest BCUT2D eigenvalue weighted by atomic mass is 10.1. The van der Waals surface area contributed by atoms with E-state index in [2.05, 4.69) is 11.8 Å². The van der Waals surface area contributed by atoms with E-state index in [1.54, 1.807) is 0 Å². The molecule has 20 heavy (non-hydrogen) atoms. The Balaban J connectivity index is 1.78. The number of hydrogen-bond acceptors (Lipinski definition) is 2. The second-order valence-corrected chi connectivity index (χ2v) is 5.84. The van der Waals surface area contributed by atoms with Gasteiger partial charge in [0.1, 0.15) is 0 Å². The number of hydrogen-bond donors (Lipinski definition) is 0. The zero-order valence-corrected chi connectivity index (χ0v) is 12.7. The van der Waals surface area contributed by atoms with E-state index >= 15 is 0 Å². The molecule has 0 saturated carbocycles. The second-order valence-electron chi connectivity index (χ2n) is 5.84. The van der Waals surface area contributed by atoms with Gasteiger partial charge in [0.2, 0.25) is 0 Å². The van der Waals surface area contributed by atoms with E-state index in [-0.39, 0.29) is 5.78 Å². The summed E-state index contributed by atoms with van der Waals surface area (Å²) in [7, 11) is 0. The Hall–Kier alpha value is -1.15. The lowest BCUT2D eigenvalue weighted by molar-refractivity contribution is 0.0969. The summed E-state index contributed by atoms with van der Waals surface area (Å²) in [5, 5.41) is 0. The van der Waals surface area contributed by atoms with Crippen molar-refractivity contribution in [2.45, 2.75) is 57.9 Å². The van der Waals surface area contributed by atoms with E-state index in [9.17, 15) is 4.79 Å². The highest BCUT2D eigenvalue weighted by Gasteiger charge is 2.19. The SMILES string of the molecule is CCC1CCCCCN1CCCC(=O)c1ccccc1. The first-order valence-corrected chi connectivity index (χ1v) is 8.13. The van der Waals surface area contributed by atoms with Crippen LogP contribution in [0.5, 0.6) is 0 Å². The minimum absolute atomic E-state index is 0.286. The predicted octanol–water partition coefficient (Wildman–Crippen LogP) is 4.30. The molecular formula is C18H27NO. The molecule has 1 atom stereocenters. The van der Waals surface area contributed by atoms with Crippen LogP contribution >= 0.6 is 0 Å². The van der Waals surface area contributed by atoms with Crippen molar-refractivity contribution in [3.63, 3.8) is 0 Å². The third kappa shape index (κ3) is 4.45. The fraction of sp³-hybridized carbons (Fsp3) is 0.611. The van der Waals surface area contributed by atoms with Gasteiger partial charge in [0.25, 0.3) is 0 Å². The summed E-state index contributed by atoms with van der Waals surface area (Å²) in [4.78, 5) is 14.7. The van der Waals surface area contributed by atoms with Crippen LogP contribution in [0.3, 0.4) is 0 Å². The minimum Gasteiger partial charge on any atom is -0.300 e. The van der Waals surface area contributed by atoms with Crippen LogP contribution < -0.4 is 0 Å². The van der Waals surface area contributed by atoms with E-state index in [1.807, 2.05) is 30.3 Å². The average molecular weight is 273 g/mol. The molecule has 1 heterocycles. The van der Waals surface area contributed by atoms with E-state index in [4.69, 9.17) is 0 Å². The summed E-state index contributed by atoms with van der Waals surface area (Å²) < 4.78 is 0. The topological polar surface area (TPSA) is 20.3 Å². The monoisotopic (exact) mass is 273 g/mol. The Morgan fingerprint density at radius 1 is 1.20 bits per heavy atom. The van der Waals surface area contributed by atoms with Gasteiger partial charge in [0, 0.05) is 18.0 Å². The highest BCUT2D eigenvalue weighted by Crippen LogP contribution is 2.19. The van der Waals surface area contributed by atoms with Crippen molar-refractivity contribution in [3.05, 3.63) is 35.9 Å². The molecule has 0 radical (unpaired) electrons. The first kappa shape index (κ1) is 15.2. The number of rotatable bonds is 6. The van der Waals surface area contributed by atoms with Gasteiger partial charge in [-0.25, -0.2) is 0 Å². The highest BCUT2D eigenvalue weighted by atomic mass is 16.1. The van der Waals surface area contributed by atoms with Crippen LogP contribution in [0.15, 0.2) is 30.3 Å². The zero-order chi connectivity index (χ0) is 14.2. The van der Waals surface area contributed by atoms with Crippen LogP contribution in [0.1, 0.15) is 62.2 Å². The number of ketones is 1. The van der Waals surface area contributed by atoms with Gasteiger partial charge in [-0.1, -0.05) is 50.1 Å². The summed E-state index contributed by atoms with van der Waals surface area (Å²) in [6, 6.07) is 10.4. The van der Waals surface area contributed by atoms with Gasteiger partial charge >= 0.3 is 0 Å². The van der Waals surface area contributed by atoms with Crippen molar-refractivity contribution in [3.8, 4) is 0 Å². The quantitative estimate of drug-likeness (QED) is 0.720. The molecule has 110 valence electrons. The molecule has 0 N–H and O–H groups in total. The van der Waals surface area contributed by atoms with E-state index in [1.165, 1.54) is 38.6 Å². The van der Waals surface area contributed by atoms with Gasteiger partial charge in [-0.15, -0.1) is 0 Å². The van der Waals surface area contributed by atoms with Gasteiger partial charge in [-0.05, 0) is 38.8 Å². The lowest BCUT2D eigenvalue weighted by Gasteiger charge is -2.28. The summed E-state index contributed by atoms with van der Waals surface area (Å²) in [5.74, 6) is 0.286. The maximum Gasteiger partial charge on any atom is 0.162 e. The minimum atomic E-state index is 0.286. The van der Waals surface area contributed by atoms with Crippen molar-refractivity contribution in [1.29, 1.82) is 0 Å². The Morgan fingerprint density at radius 2 is 2.00 bits per heavy atom. The molecule has 1 fully saturated rings. The maximum absolute atomic E-state index is 12.1. The number of benzene rings is 1. The van der Waals surface area contributed by atoms with Crippen LogP contribution in [0.4, 0.5) is 0 Å². The summed E-state index contributed by atoms with van der Waals surface area (Å²) in [6.45, 7) is 4.59. The molecule has 0 aromatic heterocycles. The molecule has 0 aliphatic carbocycles. The molecule has 0 spiro atoms. The van der Waals surface area contributed by atoms with Crippen LogP contribution in [0.2, 0.25) is 0 Å². The summed E-state index contributed by atoms with van der Waals surface area (Å²) in [5.41, 5.74) is 0.857. The number of Topliss-reactive ketones (excluding diaryl/α,β-unsaturated/α-hetero) is 1. The van der Waals surface area contributed by atoms with Crippen LogP contribution in [0, 0.1) is 0 Å². The van der Waals surface area contributed by atoms with Crippen molar-refractivity contribution in [1.82, 2.24) is 4.90 Å². The molecule has 2 heteroatoms. The average Bonchev–Trinajstić information content (AvgIpc) is 2.73. The fourth-order valence-electron chi connectivity index (χ4n) is 3.20. The van der Waals surface area contributed by atoms with Gasteiger partial charge in [-0.2, -0.15) is 0 Å². The van der Waals surface area contributed by atoms with E-state index in [0.29, 0.717) is 6.42 Å². The number of carbonyl (C=O) groups is 1. The third-order valence-corrected chi connectivity index (χ3v) is 4.42. The number of likely N-dealkylation sites (tertiary alicyclic amines) is 1. The highest BCUT2D eigenvalue weighted by molar-refractivity contribution is 5.95. The van der Waals surface area contributed by atoms with Gasteiger partial charge < -0.3 is 4.90 Å². The maximum atomic E-state index is 12.1. The Kier molecular flexibility index (Phi) is 6.25. The first-order valence-electron chi connectivity index (χ1n) is 8.13. The predicted molar refractivity (Wildman–Crippen MR) is 84.1 cm³/mol. The molecule has 1 aromatic rings. The molecule has 0 amide bonds. The molecular weight excluding hydrogens is 246 g/mol. The number of nitrogens with zero attached hydrogens (tertiary/aromatic N) is 1. The molecule has 1 aliphatic rings. The van der Waals surface area contributed by atoms with Gasteiger partial charge in [0.05, 0.1) is 0 Å². The van der Waals surface area contributed by atoms with Crippen LogP contribution in [-0.4, -0.2) is 29.8 Å². The molecule has 2 nitrogen and oxygen atoms in total. The Labute approximate surface area is 123 Å². The van der Waals surface area contributed by atoms with Gasteiger partial charge in [-0.3, -0.25) is 4.79 Å². The molecule has 0 bridgehead atoms. The summed E-state index contributed by atoms with van der Waals surface area (Å²) >= 11 is 0. The van der Waals surface area contributed by atoms with Crippen LogP contribution in [-0.2, 0) is 0 Å². The van der Waals surface area contributed by atoms with Crippen LogP contribution in [0.25, 0.3) is 0 Å². The second kappa shape index (κ2) is 8.21. The van der Waals surface area contributed by atoms with E-state index < -0.39 is 0 Å². The third-order valence-electron chi connectivity index (χ3n) is 4.42. The van der Waals surface area contributed by atoms with E-state index in [0.717, 1.165) is 24.6 Å². The van der Waals surface area contributed by atoms with Crippen molar-refractivity contribution < 1.29 is 4.79 Å². The molecule has 1 saturated heterocycles. The summed E-state index contributed by atoms with van der Waals surface area (Å²) in [6.07, 6.45) is 8.31. The van der Waals surface area contributed by atoms with Gasteiger partial charge in [0.15, 0.2) is 5.78 Å². The molecule has 1 aromatic carbocycles. The molecule has 2 rings (SSSR count). The molecule has 1 unspecified atom stereocenters. The largest absolute Gasteiger partial charge is 0.300 e. The first-order chi connectivity index (χ1) is 9.81. The smallest absolute Gasteiger partial charge is 0.162 e. The Bertz CT molecular complexity index is 401. The van der Waals surface area contributed by atoms with Crippen molar-refractivity contribution >= 4 is 5.78 Å². The number of carbonyl (C=O) groups excluding carboxylic acids is 1. The van der Waals surface area contributed by atoms with Crippen molar-refractivity contribution in [2.75, 3.05) is 13.1 Å². The standard InChI is InChI=1S/C18H27NO/c1-2-17-12-7-4-8-14-19(17)15-9-13-18(20)16-10-5-3-6-11-16/h3,5-6,10-11,17H,2,4,7-9,12-15H2,1H3. The normalized spacial score (nSPS) is 20.6. The van der Waals surface area contributed by atoms with Crippen molar-refractivity contribution in [2.24, 2.45) is 0 Å². The Morgan fingerprint density at radius 3 is 2.75 bits per heavy atom. The lowest BCUT2D eigenvalue weighted by Crippen LogP contribution is -2.35. The fourth-order valence-corrected chi connectivity index (χ4v) is 3.20.